The summed E-state index contributed by atoms with van der Waals surface area (Å²) in [5.74, 6) is -5.14. The van der Waals surface area contributed by atoms with Crippen LogP contribution in [0.25, 0.3) is 0 Å². The normalized spacial score (nSPS) is 12.8. The lowest BCUT2D eigenvalue weighted by Crippen LogP contribution is -2.32. The Morgan fingerprint density at radius 2 is 1.88 bits per heavy atom. The predicted molar refractivity (Wildman–Crippen MR) is 90.1 cm³/mol. The van der Waals surface area contributed by atoms with Crippen molar-refractivity contribution in [2.24, 2.45) is 5.92 Å². The Bertz CT molecular complexity index is 824. The molecule has 2 rings (SSSR count). The molecular formula is C18H17FNO6+. The molecule has 0 saturated carbocycles. The van der Waals surface area contributed by atoms with E-state index in [9.17, 15) is 24.1 Å². The third-order valence-corrected chi connectivity index (χ3v) is 4.05. The van der Waals surface area contributed by atoms with Gasteiger partial charge in [0.25, 0.3) is 5.69 Å². The largest absolute Gasteiger partial charge is 0.564 e. The SMILES string of the molecule is COC(=O)C(C(=O)[OH2+])C(Cc1ccc(F)cc1[N+](=O)[O-])c1ccccc1. The van der Waals surface area contributed by atoms with Crippen molar-refractivity contribution in [1.29, 1.82) is 0 Å². The number of hydrogen-bond acceptors (Lipinski definition) is 5. The molecule has 0 aliphatic rings. The molecule has 0 saturated heterocycles. The van der Waals surface area contributed by atoms with E-state index in [-0.39, 0.29) is 12.0 Å². The summed E-state index contributed by atoms with van der Waals surface area (Å²) in [6.07, 6.45) is -0.106. The van der Waals surface area contributed by atoms with Gasteiger partial charge < -0.3 is 9.84 Å². The average molecular weight is 362 g/mol. The van der Waals surface area contributed by atoms with Crippen LogP contribution in [0.5, 0.6) is 0 Å². The molecular weight excluding hydrogens is 345 g/mol. The summed E-state index contributed by atoms with van der Waals surface area (Å²) in [6.45, 7) is 0. The Morgan fingerprint density at radius 1 is 1.23 bits per heavy atom. The molecule has 0 amide bonds. The van der Waals surface area contributed by atoms with Gasteiger partial charge in [-0.3, -0.25) is 14.9 Å². The zero-order valence-electron chi connectivity index (χ0n) is 13.8. The molecule has 2 atom stereocenters. The number of methoxy groups -OCH3 is 1. The van der Waals surface area contributed by atoms with E-state index in [0.717, 1.165) is 19.2 Å². The van der Waals surface area contributed by atoms with E-state index in [1.54, 1.807) is 30.3 Å². The van der Waals surface area contributed by atoms with E-state index in [1.807, 2.05) is 0 Å². The van der Waals surface area contributed by atoms with Crippen molar-refractivity contribution in [1.82, 2.24) is 0 Å². The molecule has 0 radical (unpaired) electrons. The van der Waals surface area contributed by atoms with Gasteiger partial charge in [-0.05, 0) is 24.1 Å². The fourth-order valence-corrected chi connectivity index (χ4v) is 2.83. The van der Waals surface area contributed by atoms with Crippen LogP contribution in [0.1, 0.15) is 17.0 Å². The van der Waals surface area contributed by atoms with E-state index in [0.29, 0.717) is 5.56 Å². The molecule has 0 fully saturated rings. The topological polar surface area (TPSA) is 109 Å². The van der Waals surface area contributed by atoms with Gasteiger partial charge in [-0.1, -0.05) is 30.3 Å². The maximum absolute atomic E-state index is 13.4. The molecule has 0 bridgehead atoms. The first-order valence-electron chi connectivity index (χ1n) is 7.66. The zero-order chi connectivity index (χ0) is 19.3. The highest BCUT2D eigenvalue weighted by Crippen LogP contribution is 2.33. The highest BCUT2D eigenvalue weighted by Gasteiger charge is 2.42. The molecule has 0 aliphatic carbocycles. The number of nitrogens with zero attached hydrogens (tertiary/aromatic N) is 1. The Labute approximate surface area is 148 Å². The fraction of sp³-hybridized carbons (Fsp3) is 0.222. The van der Waals surface area contributed by atoms with Gasteiger partial charge in [0.1, 0.15) is 5.82 Å². The molecule has 0 aliphatic heterocycles. The van der Waals surface area contributed by atoms with Gasteiger partial charge in [-0.2, -0.15) is 0 Å². The van der Waals surface area contributed by atoms with Crippen molar-refractivity contribution in [3.8, 4) is 0 Å². The first kappa shape index (κ1) is 19.0. The molecule has 2 aromatic rings. The number of carbonyl (C=O) groups is 2. The van der Waals surface area contributed by atoms with Crippen LogP contribution in [-0.4, -0.2) is 29.1 Å². The fourth-order valence-electron chi connectivity index (χ4n) is 2.83. The maximum atomic E-state index is 13.4. The van der Waals surface area contributed by atoms with Crippen molar-refractivity contribution >= 4 is 17.6 Å². The van der Waals surface area contributed by atoms with Crippen molar-refractivity contribution in [3.63, 3.8) is 0 Å². The van der Waals surface area contributed by atoms with Crippen LogP contribution in [0.4, 0.5) is 10.1 Å². The number of hydrogen-bond donors (Lipinski definition) is 0. The highest BCUT2D eigenvalue weighted by molar-refractivity contribution is 5.95. The minimum atomic E-state index is -1.45. The number of rotatable bonds is 7. The van der Waals surface area contributed by atoms with Gasteiger partial charge in [-0.15, -0.1) is 0 Å². The number of halogens is 1. The maximum Gasteiger partial charge on any atom is 0.531 e. The molecule has 136 valence electrons. The number of esters is 1. The lowest BCUT2D eigenvalue weighted by molar-refractivity contribution is -0.385. The van der Waals surface area contributed by atoms with Crippen molar-refractivity contribution < 1.29 is 28.7 Å². The molecule has 2 N–H and O–H groups in total. The van der Waals surface area contributed by atoms with Crippen LogP contribution < -0.4 is 0 Å². The van der Waals surface area contributed by atoms with Crippen LogP contribution in [0.15, 0.2) is 48.5 Å². The van der Waals surface area contributed by atoms with E-state index >= 15 is 0 Å². The van der Waals surface area contributed by atoms with Crippen LogP contribution >= 0.6 is 0 Å². The molecule has 0 spiro atoms. The van der Waals surface area contributed by atoms with Gasteiger partial charge >= 0.3 is 11.9 Å². The first-order chi connectivity index (χ1) is 12.3. The monoisotopic (exact) mass is 362 g/mol. The number of benzene rings is 2. The van der Waals surface area contributed by atoms with Crippen LogP contribution in [0.2, 0.25) is 0 Å². The first-order valence-corrected chi connectivity index (χ1v) is 7.66. The third kappa shape index (κ3) is 4.21. The zero-order valence-corrected chi connectivity index (χ0v) is 13.8. The smallest absolute Gasteiger partial charge is 0.531 e. The second-order valence-corrected chi connectivity index (χ2v) is 5.62. The Hall–Kier alpha value is -3.29. The Balaban J connectivity index is 2.54. The molecule has 26 heavy (non-hydrogen) atoms. The molecule has 2 aromatic carbocycles. The van der Waals surface area contributed by atoms with Crippen LogP contribution in [-0.2, 0) is 20.7 Å². The number of nitro benzene ring substituents is 1. The summed E-state index contributed by atoms with van der Waals surface area (Å²) < 4.78 is 18.0. The highest BCUT2D eigenvalue weighted by atomic mass is 19.1. The lowest BCUT2D eigenvalue weighted by atomic mass is 9.81. The number of ether oxygens (including phenoxy) is 1. The van der Waals surface area contributed by atoms with Gasteiger partial charge in [-0.25, -0.2) is 4.39 Å². The molecule has 0 aromatic heterocycles. The molecule has 8 heteroatoms. The van der Waals surface area contributed by atoms with Crippen molar-refractivity contribution in [2.75, 3.05) is 7.11 Å². The summed E-state index contributed by atoms with van der Waals surface area (Å²) in [7, 11) is 1.10. The van der Waals surface area contributed by atoms with Crippen LogP contribution in [0, 0.1) is 21.8 Å². The summed E-state index contributed by atoms with van der Waals surface area (Å²) >= 11 is 0. The summed E-state index contributed by atoms with van der Waals surface area (Å²) in [5, 5.41) is 18.7. The number of nitro groups is 1. The van der Waals surface area contributed by atoms with Gasteiger partial charge in [0.15, 0.2) is 0 Å². The third-order valence-electron chi connectivity index (χ3n) is 4.05. The minimum Gasteiger partial charge on any atom is -0.564 e. The van der Waals surface area contributed by atoms with E-state index in [4.69, 9.17) is 5.11 Å². The lowest BCUT2D eigenvalue weighted by Gasteiger charge is -2.20. The van der Waals surface area contributed by atoms with Gasteiger partial charge in [0.2, 0.25) is 5.92 Å². The number of carbonyl (C=O) groups excluding carboxylic acids is 2. The summed E-state index contributed by atoms with van der Waals surface area (Å²) in [6, 6.07) is 11.5. The van der Waals surface area contributed by atoms with Crippen molar-refractivity contribution in [3.05, 3.63) is 75.6 Å². The van der Waals surface area contributed by atoms with E-state index < -0.39 is 40.2 Å². The second kappa shape index (κ2) is 8.19. The average Bonchev–Trinajstić information content (AvgIpc) is 2.62. The minimum absolute atomic E-state index is 0.106. The predicted octanol–water partition coefficient (Wildman–Crippen LogP) is 2.10. The van der Waals surface area contributed by atoms with E-state index in [1.165, 1.54) is 6.07 Å². The molecule has 7 nitrogen and oxygen atoms in total. The van der Waals surface area contributed by atoms with Gasteiger partial charge in [0, 0.05) is 16.3 Å². The second-order valence-electron chi connectivity index (χ2n) is 5.62. The molecule has 2 unspecified atom stereocenters. The quantitative estimate of drug-likeness (QED) is 0.246. The summed E-state index contributed by atoms with van der Waals surface area (Å²) in [5.41, 5.74) is 0.245. The van der Waals surface area contributed by atoms with Crippen molar-refractivity contribution in [2.45, 2.75) is 12.3 Å². The molecule has 0 heterocycles. The Morgan fingerprint density at radius 3 is 2.42 bits per heavy atom. The summed E-state index contributed by atoms with van der Waals surface area (Å²) in [4.78, 5) is 34.4. The van der Waals surface area contributed by atoms with Crippen LogP contribution in [0.3, 0.4) is 0 Å². The van der Waals surface area contributed by atoms with Gasteiger partial charge in [0.05, 0.1) is 18.1 Å². The standard InChI is InChI=1S/C18H16FNO6/c1-26-18(23)16(17(21)22)14(11-5-3-2-4-6-11)9-12-7-8-13(19)10-15(12)20(24)25/h2-8,10,14,16H,9H2,1H3,(H,21,22)/p+1. The van der Waals surface area contributed by atoms with E-state index in [2.05, 4.69) is 4.74 Å². The Kier molecular flexibility index (Phi) is 6.00.